The van der Waals surface area contributed by atoms with Gasteiger partial charge in [-0.25, -0.2) is 4.79 Å². The average Bonchev–Trinajstić information content (AvgIpc) is 2.53. The van der Waals surface area contributed by atoms with Crippen molar-refractivity contribution in [3.05, 3.63) is 0 Å². The molecule has 1 spiro atoms. The number of aliphatic hydroxyl groups excluding tert-OH is 1. The van der Waals surface area contributed by atoms with Gasteiger partial charge in [0.15, 0.2) is 0 Å². The Morgan fingerprint density at radius 3 is 3.13 bits per heavy atom. The van der Waals surface area contributed by atoms with Gasteiger partial charge in [-0.05, 0) is 25.0 Å². The van der Waals surface area contributed by atoms with E-state index < -0.39 is 0 Å². The Labute approximate surface area is 94.0 Å². The van der Waals surface area contributed by atoms with E-state index in [0.717, 1.165) is 18.6 Å². The third kappa shape index (κ3) is 2.39. The lowest BCUT2D eigenvalue weighted by molar-refractivity contribution is 0.0661. The van der Waals surface area contributed by atoms with Crippen LogP contribution >= 0.6 is 11.8 Å². The summed E-state index contributed by atoms with van der Waals surface area (Å²) in [6, 6.07) is 0. The maximum Gasteiger partial charge on any atom is 0.410 e. The lowest BCUT2D eigenvalue weighted by atomic mass is 10.00. The Bertz CT molecular complexity index is 241. The van der Waals surface area contributed by atoms with Crippen LogP contribution in [-0.2, 0) is 4.74 Å². The molecular weight excluding hydrogens is 214 g/mol. The van der Waals surface area contributed by atoms with Crippen LogP contribution in [0.15, 0.2) is 0 Å². The molecule has 2 aliphatic heterocycles. The number of carbonyl (C=O) groups excluding carboxylic acids is 1. The molecule has 0 aliphatic carbocycles. The van der Waals surface area contributed by atoms with Crippen molar-refractivity contribution in [1.29, 1.82) is 0 Å². The summed E-state index contributed by atoms with van der Waals surface area (Å²) in [5, 5.41) is 8.73. The van der Waals surface area contributed by atoms with Gasteiger partial charge in [-0.2, -0.15) is 11.8 Å². The lowest BCUT2D eigenvalue weighted by Crippen LogP contribution is -2.39. The highest BCUT2D eigenvalue weighted by atomic mass is 32.2. The van der Waals surface area contributed by atoms with Gasteiger partial charge in [0.05, 0.1) is 6.54 Å². The van der Waals surface area contributed by atoms with Crippen LogP contribution in [0.5, 0.6) is 0 Å². The molecule has 0 saturated carbocycles. The zero-order chi connectivity index (χ0) is 10.7. The van der Waals surface area contributed by atoms with Crippen LogP contribution in [0.3, 0.4) is 0 Å². The third-order valence-corrected chi connectivity index (χ3v) is 4.22. The second-order valence-corrected chi connectivity index (χ2v) is 5.31. The van der Waals surface area contributed by atoms with E-state index in [2.05, 4.69) is 0 Å². The first kappa shape index (κ1) is 11.1. The third-order valence-electron chi connectivity index (χ3n) is 2.91. The van der Waals surface area contributed by atoms with Crippen LogP contribution in [0.4, 0.5) is 4.79 Å². The monoisotopic (exact) mass is 231 g/mol. The Morgan fingerprint density at radius 2 is 2.47 bits per heavy atom. The Balaban J connectivity index is 1.92. The maximum absolute atomic E-state index is 11.6. The van der Waals surface area contributed by atoms with Crippen molar-refractivity contribution >= 4 is 17.9 Å². The highest BCUT2D eigenvalue weighted by Gasteiger charge is 2.45. The molecule has 0 aromatic heterocycles. The quantitative estimate of drug-likeness (QED) is 0.790. The first-order chi connectivity index (χ1) is 7.26. The van der Waals surface area contributed by atoms with E-state index in [4.69, 9.17) is 9.84 Å². The number of nitrogens with zero attached hydrogens (tertiary/aromatic N) is 1. The number of hydrogen-bond donors (Lipinski definition) is 1. The van der Waals surface area contributed by atoms with Gasteiger partial charge >= 0.3 is 6.09 Å². The molecule has 1 amide bonds. The standard InChI is InChI=1S/C10H17NO3S/c12-5-2-4-11-7-10(14-9(11)13)3-1-6-15-8-10/h12H,1-8H2. The smallest absolute Gasteiger partial charge is 0.410 e. The van der Waals surface area contributed by atoms with E-state index in [1.54, 1.807) is 4.90 Å². The molecule has 4 nitrogen and oxygen atoms in total. The number of hydrogen-bond acceptors (Lipinski definition) is 4. The van der Waals surface area contributed by atoms with Crippen LogP contribution in [0.1, 0.15) is 19.3 Å². The molecule has 0 radical (unpaired) electrons. The molecule has 2 heterocycles. The second-order valence-electron chi connectivity index (χ2n) is 4.21. The first-order valence-electron chi connectivity index (χ1n) is 5.42. The zero-order valence-corrected chi connectivity index (χ0v) is 9.59. The first-order valence-corrected chi connectivity index (χ1v) is 6.58. The minimum Gasteiger partial charge on any atom is -0.440 e. The van der Waals surface area contributed by atoms with Gasteiger partial charge in [0, 0.05) is 18.9 Å². The van der Waals surface area contributed by atoms with Crippen LogP contribution in [-0.4, -0.2) is 52.9 Å². The van der Waals surface area contributed by atoms with Crippen LogP contribution in [0.25, 0.3) is 0 Å². The van der Waals surface area contributed by atoms with E-state index in [0.29, 0.717) is 19.5 Å². The van der Waals surface area contributed by atoms with Crippen molar-refractivity contribution in [3.8, 4) is 0 Å². The summed E-state index contributed by atoms with van der Waals surface area (Å²) in [5.74, 6) is 2.10. The van der Waals surface area contributed by atoms with Crippen LogP contribution < -0.4 is 0 Å². The number of amides is 1. The average molecular weight is 231 g/mol. The van der Waals surface area contributed by atoms with Crippen molar-refractivity contribution in [2.75, 3.05) is 31.2 Å². The number of carbonyl (C=O) groups is 1. The zero-order valence-electron chi connectivity index (χ0n) is 8.78. The fourth-order valence-electron chi connectivity index (χ4n) is 2.16. The van der Waals surface area contributed by atoms with E-state index >= 15 is 0 Å². The number of ether oxygens (including phenoxy) is 1. The summed E-state index contributed by atoms with van der Waals surface area (Å²) in [4.78, 5) is 13.3. The topological polar surface area (TPSA) is 49.8 Å². The van der Waals surface area contributed by atoms with E-state index in [9.17, 15) is 4.79 Å². The van der Waals surface area contributed by atoms with Crippen LogP contribution in [0.2, 0.25) is 0 Å². The molecule has 86 valence electrons. The fraction of sp³-hybridized carbons (Fsp3) is 0.900. The molecule has 1 unspecified atom stereocenters. The summed E-state index contributed by atoms with van der Waals surface area (Å²) < 4.78 is 5.48. The van der Waals surface area contributed by atoms with Gasteiger partial charge in [0.2, 0.25) is 0 Å². The second kappa shape index (κ2) is 4.61. The van der Waals surface area contributed by atoms with Crippen molar-refractivity contribution < 1.29 is 14.6 Å². The van der Waals surface area contributed by atoms with E-state index in [1.165, 1.54) is 5.75 Å². The highest BCUT2D eigenvalue weighted by molar-refractivity contribution is 7.99. The SMILES string of the molecule is O=C1OC2(CCCSC2)CN1CCCO. The minimum absolute atomic E-state index is 0.130. The summed E-state index contributed by atoms with van der Waals surface area (Å²) in [6.45, 7) is 1.45. The maximum atomic E-state index is 11.6. The van der Waals surface area contributed by atoms with Gasteiger partial charge < -0.3 is 14.7 Å². The van der Waals surface area contributed by atoms with Crippen molar-refractivity contribution in [2.45, 2.75) is 24.9 Å². The highest BCUT2D eigenvalue weighted by Crippen LogP contribution is 2.35. The Kier molecular flexibility index (Phi) is 3.41. The van der Waals surface area contributed by atoms with Crippen molar-refractivity contribution in [2.24, 2.45) is 0 Å². The predicted octanol–water partition coefficient (Wildman–Crippen LogP) is 1.09. The Morgan fingerprint density at radius 1 is 1.60 bits per heavy atom. The summed E-state index contributed by atoms with van der Waals surface area (Å²) in [7, 11) is 0. The number of rotatable bonds is 3. The molecule has 1 atom stereocenters. The normalized spacial score (nSPS) is 31.0. The molecule has 2 rings (SSSR count). The molecule has 2 aliphatic rings. The van der Waals surface area contributed by atoms with Gasteiger partial charge in [-0.15, -0.1) is 0 Å². The van der Waals surface area contributed by atoms with Crippen molar-refractivity contribution in [1.82, 2.24) is 4.90 Å². The van der Waals surface area contributed by atoms with Gasteiger partial charge in [-0.3, -0.25) is 0 Å². The van der Waals surface area contributed by atoms with Gasteiger partial charge in [0.1, 0.15) is 5.60 Å². The molecule has 0 bridgehead atoms. The molecule has 0 aromatic rings. The summed E-state index contributed by atoms with van der Waals surface area (Å²) in [5.41, 5.74) is -0.227. The summed E-state index contributed by atoms with van der Waals surface area (Å²) in [6.07, 6.45) is 2.55. The number of thioether (sulfide) groups is 1. The molecule has 5 heteroatoms. The number of aliphatic hydroxyl groups is 1. The molecule has 2 saturated heterocycles. The molecule has 1 N–H and O–H groups in total. The fourth-order valence-corrected chi connectivity index (χ4v) is 3.32. The van der Waals surface area contributed by atoms with Gasteiger partial charge in [0.25, 0.3) is 0 Å². The minimum atomic E-state index is -0.227. The molecular formula is C10H17NO3S. The molecule has 15 heavy (non-hydrogen) atoms. The van der Waals surface area contributed by atoms with E-state index in [-0.39, 0.29) is 18.3 Å². The van der Waals surface area contributed by atoms with E-state index in [1.807, 2.05) is 11.8 Å². The predicted molar refractivity (Wildman–Crippen MR) is 59.0 cm³/mol. The van der Waals surface area contributed by atoms with Gasteiger partial charge in [-0.1, -0.05) is 0 Å². The largest absolute Gasteiger partial charge is 0.440 e. The molecule has 2 fully saturated rings. The Hall–Kier alpha value is -0.420. The molecule has 0 aromatic carbocycles. The van der Waals surface area contributed by atoms with Crippen LogP contribution in [0, 0.1) is 0 Å². The summed E-state index contributed by atoms with van der Waals surface area (Å²) >= 11 is 1.87. The lowest BCUT2D eigenvalue weighted by Gasteiger charge is -2.30. The van der Waals surface area contributed by atoms with Crippen molar-refractivity contribution in [3.63, 3.8) is 0 Å².